The van der Waals surface area contributed by atoms with Gasteiger partial charge in [0.15, 0.2) is 0 Å². The molecule has 1 aliphatic carbocycles. The van der Waals surface area contributed by atoms with Crippen LogP contribution in [0.1, 0.15) is 26.3 Å². The van der Waals surface area contributed by atoms with E-state index in [2.05, 4.69) is 60.2 Å². The number of rotatable bonds is 7. The average molecular weight is 454 g/mol. The highest BCUT2D eigenvalue weighted by Crippen LogP contribution is 2.51. The smallest absolute Gasteiger partial charge is 0.148 e. The molecule has 5 rings (SSSR count). The summed E-state index contributed by atoms with van der Waals surface area (Å²) in [5.41, 5.74) is 2.73. The largest absolute Gasteiger partial charge is 0.488 e. The maximum Gasteiger partial charge on any atom is 0.148 e. The topological polar surface area (TPSA) is 37.0 Å². The number of ether oxygens (including phenoxy) is 2. The monoisotopic (exact) mass is 453 g/mol. The van der Waals surface area contributed by atoms with E-state index in [1.807, 2.05) is 12.1 Å². The lowest BCUT2D eigenvalue weighted by atomic mass is 10.1. The zero-order valence-corrected chi connectivity index (χ0v) is 20.0. The first kappa shape index (κ1) is 22.5. The number of benzene rings is 2. The van der Waals surface area contributed by atoms with Crippen molar-refractivity contribution in [3.05, 3.63) is 53.8 Å². The van der Waals surface area contributed by atoms with E-state index in [1.165, 1.54) is 5.56 Å². The van der Waals surface area contributed by atoms with Crippen molar-refractivity contribution in [2.75, 3.05) is 56.2 Å². The molecule has 2 heterocycles. The molecule has 1 N–H and O–H groups in total. The predicted molar refractivity (Wildman–Crippen MR) is 130 cm³/mol. The molecule has 2 atom stereocenters. The van der Waals surface area contributed by atoms with Gasteiger partial charge in [0.2, 0.25) is 0 Å². The van der Waals surface area contributed by atoms with Gasteiger partial charge in [0.1, 0.15) is 17.2 Å². The number of nitrogens with one attached hydrogen (secondary N) is 1. The Balaban J connectivity index is 1.06. The molecule has 0 bridgehead atoms. The van der Waals surface area contributed by atoms with Crippen LogP contribution in [0.15, 0.2) is 42.5 Å². The summed E-state index contributed by atoms with van der Waals surface area (Å²) < 4.78 is 25.9. The Morgan fingerprint density at radius 1 is 1.03 bits per heavy atom. The Hall–Kier alpha value is -2.31. The number of fused-ring (bicyclic) bond motifs is 1. The van der Waals surface area contributed by atoms with Crippen LogP contribution >= 0.6 is 0 Å². The van der Waals surface area contributed by atoms with Crippen LogP contribution in [-0.2, 0) is 11.3 Å². The second-order valence-corrected chi connectivity index (χ2v) is 10.7. The van der Waals surface area contributed by atoms with E-state index in [9.17, 15) is 4.39 Å². The van der Waals surface area contributed by atoms with Crippen LogP contribution in [0, 0.1) is 23.6 Å². The molecule has 0 spiro atoms. The molecule has 33 heavy (non-hydrogen) atoms. The number of morpholine rings is 1. The number of piperidine rings is 1. The molecule has 0 radical (unpaired) electrons. The molecule has 5 nitrogen and oxygen atoms in total. The molecule has 6 heteroatoms. The van der Waals surface area contributed by atoms with Crippen molar-refractivity contribution in [3.8, 4) is 5.75 Å². The predicted octanol–water partition coefficient (Wildman–Crippen LogP) is 4.63. The number of nitrogens with zero attached hydrogens (tertiary/aromatic N) is 2. The van der Waals surface area contributed by atoms with Crippen LogP contribution in [0.4, 0.5) is 15.8 Å². The van der Waals surface area contributed by atoms with Gasteiger partial charge in [-0.2, -0.15) is 0 Å². The Kier molecular flexibility index (Phi) is 6.23. The first-order chi connectivity index (χ1) is 15.9. The van der Waals surface area contributed by atoms with Gasteiger partial charge in [0.05, 0.1) is 18.9 Å². The van der Waals surface area contributed by atoms with Crippen LogP contribution in [-0.4, -0.2) is 56.4 Å². The lowest BCUT2D eigenvalue weighted by Gasteiger charge is -2.29. The van der Waals surface area contributed by atoms with E-state index >= 15 is 0 Å². The fourth-order valence-corrected chi connectivity index (χ4v) is 5.36. The van der Waals surface area contributed by atoms with Crippen molar-refractivity contribution in [2.24, 2.45) is 17.8 Å². The van der Waals surface area contributed by atoms with Gasteiger partial charge in [-0.05, 0) is 74.4 Å². The van der Waals surface area contributed by atoms with Crippen molar-refractivity contribution in [1.29, 1.82) is 0 Å². The third-order valence-corrected chi connectivity index (χ3v) is 7.04. The molecule has 3 aliphatic rings. The molecule has 0 aromatic heterocycles. The van der Waals surface area contributed by atoms with Gasteiger partial charge in [-0.3, -0.25) is 4.90 Å². The summed E-state index contributed by atoms with van der Waals surface area (Å²) >= 11 is 0. The molecular weight excluding hydrogens is 417 g/mol. The first-order valence-electron chi connectivity index (χ1n) is 12.2. The van der Waals surface area contributed by atoms with E-state index in [4.69, 9.17) is 9.47 Å². The lowest BCUT2D eigenvalue weighted by molar-refractivity contribution is 0.122. The molecule has 2 aliphatic heterocycles. The zero-order valence-electron chi connectivity index (χ0n) is 20.0. The Labute approximate surface area is 196 Å². The van der Waals surface area contributed by atoms with E-state index in [0.717, 1.165) is 62.5 Å². The van der Waals surface area contributed by atoms with E-state index in [-0.39, 0.29) is 11.4 Å². The fourth-order valence-electron chi connectivity index (χ4n) is 5.36. The summed E-state index contributed by atoms with van der Waals surface area (Å²) in [5.74, 6) is 3.00. The minimum atomic E-state index is -0.169. The number of hydrogen-bond acceptors (Lipinski definition) is 5. The first-order valence-corrected chi connectivity index (χ1v) is 12.2. The van der Waals surface area contributed by atoms with Crippen LogP contribution in [0.3, 0.4) is 0 Å². The standard InChI is InChI=1S/C27H36FN3O2/c1-27(2,3)33-21-7-4-19(5-8-21)16-30-17-23-22(24(23)18-30)15-29-20-6-9-26(25(28)14-20)31-10-12-32-13-11-31/h4-9,14,22-24,29H,10-13,15-18H2,1-3H3. The van der Waals surface area contributed by atoms with Gasteiger partial charge < -0.3 is 19.7 Å². The van der Waals surface area contributed by atoms with Gasteiger partial charge in [0.25, 0.3) is 0 Å². The van der Waals surface area contributed by atoms with Crippen molar-refractivity contribution >= 4 is 11.4 Å². The van der Waals surface area contributed by atoms with Crippen LogP contribution < -0.4 is 15.0 Å². The molecule has 2 saturated heterocycles. The maximum atomic E-state index is 14.6. The van der Waals surface area contributed by atoms with Gasteiger partial charge in [0, 0.05) is 45.0 Å². The number of anilines is 2. The Morgan fingerprint density at radius 3 is 2.36 bits per heavy atom. The molecule has 3 fully saturated rings. The molecule has 0 amide bonds. The second kappa shape index (κ2) is 9.15. The fraction of sp³-hybridized carbons (Fsp3) is 0.556. The van der Waals surface area contributed by atoms with E-state index in [0.29, 0.717) is 24.8 Å². The third-order valence-electron chi connectivity index (χ3n) is 7.04. The molecule has 178 valence electrons. The van der Waals surface area contributed by atoms with Crippen molar-refractivity contribution in [2.45, 2.75) is 32.9 Å². The average Bonchev–Trinajstić information content (AvgIpc) is 3.24. The quantitative estimate of drug-likeness (QED) is 0.662. The molecule has 2 unspecified atom stereocenters. The van der Waals surface area contributed by atoms with E-state index in [1.54, 1.807) is 6.07 Å². The number of likely N-dealkylation sites (tertiary alicyclic amines) is 1. The number of halogens is 1. The minimum Gasteiger partial charge on any atom is -0.488 e. The second-order valence-electron chi connectivity index (χ2n) is 10.7. The highest BCUT2D eigenvalue weighted by molar-refractivity contribution is 5.56. The molecule has 2 aromatic carbocycles. The van der Waals surface area contributed by atoms with Crippen LogP contribution in [0.5, 0.6) is 5.75 Å². The Bertz CT molecular complexity index is 941. The summed E-state index contributed by atoms with van der Waals surface area (Å²) in [5, 5.41) is 3.48. The van der Waals surface area contributed by atoms with Crippen molar-refractivity contribution in [1.82, 2.24) is 4.90 Å². The summed E-state index contributed by atoms with van der Waals surface area (Å²) in [6, 6.07) is 14.1. The SMILES string of the molecule is CC(C)(C)Oc1ccc(CN2CC3C(CNc4ccc(N5CCOCC5)c(F)c4)C3C2)cc1. The van der Waals surface area contributed by atoms with Gasteiger partial charge in [-0.15, -0.1) is 0 Å². The highest BCUT2D eigenvalue weighted by atomic mass is 19.1. The van der Waals surface area contributed by atoms with E-state index < -0.39 is 0 Å². The minimum absolute atomic E-state index is 0.150. The summed E-state index contributed by atoms with van der Waals surface area (Å²) in [6.45, 7) is 13.3. The molecule has 2 aromatic rings. The zero-order chi connectivity index (χ0) is 23.0. The Morgan fingerprint density at radius 2 is 1.73 bits per heavy atom. The molecular formula is C27H36FN3O2. The number of hydrogen-bond donors (Lipinski definition) is 1. The van der Waals surface area contributed by atoms with Crippen molar-refractivity contribution in [3.63, 3.8) is 0 Å². The highest BCUT2D eigenvalue weighted by Gasteiger charge is 2.54. The lowest BCUT2D eigenvalue weighted by Crippen LogP contribution is -2.36. The van der Waals surface area contributed by atoms with Gasteiger partial charge in [-0.25, -0.2) is 4.39 Å². The summed E-state index contributed by atoms with van der Waals surface area (Å²) in [4.78, 5) is 4.62. The van der Waals surface area contributed by atoms with Crippen LogP contribution in [0.2, 0.25) is 0 Å². The normalized spacial score (nSPS) is 25.1. The van der Waals surface area contributed by atoms with Gasteiger partial charge in [-0.1, -0.05) is 12.1 Å². The third kappa shape index (κ3) is 5.44. The summed E-state index contributed by atoms with van der Waals surface area (Å²) in [6.07, 6.45) is 0. The summed E-state index contributed by atoms with van der Waals surface area (Å²) in [7, 11) is 0. The van der Waals surface area contributed by atoms with Gasteiger partial charge >= 0.3 is 0 Å². The van der Waals surface area contributed by atoms with Crippen molar-refractivity contribution < 1.29 is 13.9 Å². The maximum absolute atomic E-state index is 14.6. The van der Waals surface area contributed by atoms with Crippen LogP contribution in [0.25, 0.3) is 0 Å². The molecule has 1 saturated carbocycles.